The number of amides is 1. The summed E-state index contributed by atoms with van der Waals surface area (Å²) in [4.78, 5) is 23.6. The number of benzene rings is 4. The quantitative estimate of drug-likeness (QED) is 0.481. The number of carboxylic acid groups (broad SMARTS) is 1. The minimum absolute atomic E-state index is 0.142. The lowest BCUT2D eigenvalue weighted by Crippen LogP contribution is -2.12. The molecule has 0 heterocycles. The number of anilines is 1. The summed E-state index contributed by atoms with van der Waals surface area (Å²) in [7, 11) is 0. The molecule has 29 heavy (non-hydrogen) atoms. The molecule has 0 radical (unpaired) electrons. The first-order chi connectivity index (χ1) is 14.0. The van der Waals surface area contributed by atoms with Crippen molar-refractivity contribution in [2.24, 2.45) is 0 Å². The minimum Gasteiger partial charge on any atom is -0.478 e. The lowest BCUT2D eigenvalue weighted by Gasteiger charge is -2.10. The molecular formula is C24H16FNO3. The van der Waals surface area contributed by atoms with Crippen molar-refractivity contribution in [2.75, 3.05) is 5.32 Å². The fourth-order valence-electron chi connectivity index (χ4n) is 3.23. The van der Waals surface area contributed by atoms with Crippen molar-refractivity contribution >= 4 is 28.3 Å². The third-order valence-electron chi connectivity index (χ3n) is 4.70. The molecular weight excluding hydrogens is 369 g/mol. The lowest BCUT2D eigenvalue weighted by atomic mass is 9.96. The molecule has 4 aromatic rings. The first-order valence-electron chi connectivity index (χ1n) is 8.95. The van der Waals surface area contributed by atoms with Crippen LogP contribution in [0.1, 0.15) is 20.7 Å². The van der Waals surface area contributed by atoms with Crippen LogP contribution in [0, 0.1) is 5.82 Å². The summed E-state index contributed by atoms with van der Waals surface area (Å²) < 4.78 is 14.3. The van der Waals surface area contributed by atoms with Crippen LogP contribution < -0.4 is 5.32 Å². The van der Waals surface area contributed by atoms with Gasteiger partial charge in [0.25, 0.3) is 5.91 Å². The number of fused-ring (bicyclic) bond motifs is 1. The fraction of sp³-hybridized carbons (Fsp3) is 0. The summed E-state index contributed by atoms with van der Waals surface area (Å²) in [6.45, 7) is 0. The van der Waals surface area contributed by atoms with E-state index in [1.54, 1.807) is 30.3 Å². The Morgan fingerprint density at radius 2 is 1.45 bits per heavy atom. The first-order valence-corrected chi connectivity index (χ1v) is 8.95. The molecule has 0 atom stereocenters. The number of aromatic carboxylic acids is 1. The molecule has 0 fully saturated rings. The molecule has 0 aliphatic rings. The van der Waals surface area contributed by atoms with E-state index in [1.165, 1.54) is 30.3 Å². The monoisotopic (exact) mass is 385 g/mol. The standard InChI is InChI=1S/C24H16FNO3/c25-22-7-2-1-5-20(22)19-6-3-4-15-8-9-17(14-21(15)19)23(27)26-18-12-10-16(11-13-18)24(28)29/h1-14H,(H,26,27)(H,28,29). The van der Waals surface area contributed by atoms with Crippen LogP contribution in [0.2, 0.25) is 0 Å². The first kappa shape index (κ1) is 18.4. The zero-order chi connectivity index (χ0) is 20.4. The lowest BCUT2D eigenvalue weighted by molar-refractivity contribution is 0.0696. The van der Waals surface area contributed by atoms with Crippen LogP contribution >= 0.6 is 0 Å². The maximum atomic E-state index is 14.3. The van der Waals surface area contributed by atoms with E-state index < -0.39 is 5.97 Å². The Balaban J connectivity index is 1.69. The van der Waals surface area contributed by atoms with E-state index in [9.17, 15) is 14.0 Å². The largest absolute Gasteiger partial charge is 0.478 e. The van der Waals surface area contributed by atoms with Gasteiger partial charge in [0.05, 0.1) is 5.56 Å². The number of hydrogen-bond acceptors (Lipinski definition) is 2. The second kappa shape index (κ2) is 7.56. The van der Waals surface area contributed by atoms with Gasteiger partial charge in [-0.15, -0.1) is 0 Å². The maximum absolute atomic E-state index is 14.3. The molecule has 1 amide bonds. The summed E-state index contributed by atoms with van der Waals surface area (Å²) >= 11 is 0. The van der Waals surface area contributed by atoms with Gasteiger partial charge in [-0.25, -0.2) is 9.18 Å². The zero-order valence-electron chi connectivity index (χ0n) is 15.2. The number of carbonyl (C=O) groups is 2. The minimum atomic E-state index is -1.03. The van der Waals surface area contributed by atoms with Crippen LogP contribution in [-0.4, -0.2) is 17.0 Å². The Bertz CT molecular complexity index is 1230. The Kier molecular flexibility index (Phi) is 4.79. The molecule has 0 spiro atoms. The van der Waals surface area contributed by atoms with Crippen LogP contribution in [0.3, 0.4) is 0 Å². The van der Waals surface area contributed by atoms with Crippen molar-refractivity contribution < 1.29 is 19.1 Å². The molecule has 0 aliphatic heterocycles. The number of hydrogen-bond donors (Lipinski definition) is 2. The fourth-order valence-corrected chi connectivity index (χ4v) is 3.23. The van der Waals surface area contributed by atoms with Crippen molar-refractivity contribution in [1.29, 1.82) is 0 Å². The normalized spacial score (nSPS) is 10.7. The second-order valence-corrected chi connectivity index (χ2v) is 6.56. The molecule has 0 saturated heterocycles. The van der Waals surface area contributed by atoms with Gasteiger partial charge in [-0.3, -0.25) is 4.79 Å². The van der Waals surface area contributed by atoms with Crippen molar-refractivity contribution in [1.82, 2.24) is 0 Å². The third-order valence-corrected chi connectivity index (χ3v) is 4.70. The molecule has 0 unspecified atom stereocenters. The van der Waals surface area contributed by atoms with E-state index in [1.807, 2.05) is 24.3 Å². The summed E-state index contributed by atoms with van der Waals surface area (Å²) in [6, 6.07) is 23.3. The number of rotatable bonds is 4. The van der Waals surface area contributed by atoms with E-state index in [-0.39, 0.29) is 17.3 Å². The van der Waals surface area contributed by atoms with Gasteiger partial charge >= 0.3 is 5.97 Å². The smallest absolute Gasteiger partial charge is 0.335 e. The van der Waals surface area contributed by atoms with Gasteiger partial charge in [0.15, 0.2) is 0 Å². The highest BCUT2D eigenvalue weighted by Crippen LogP contribution is 2.31. The summed E-state index contributed by atoms with van der Waals surface area (Å²) in [5.41, 5.74) is 2.23. The molecule has 0 saturated carbocycles. The number of nitrogens with one attached hydrogen (secondary N) is 1. The van der Waals surface area contributed by atoms with Crippen molar-refractivity contribution in [3.63, 3.8) is 0 Å². The Hall–Kier alpha value is -3.99. The Morgan fingerprint density at radius 1 is 0.759 bits per heavy atom. The molecule has 142 valence electrons. The van der Waals surface area contributed by atoms with Gasteiger partial charge < -0.3 is 10.4 Å². The zero-order valence-corrected chi connectivity index (χ0v) is 15.2. The maximum Gasteiger partial charge on any atom is 0.335 e. The van der Waals surface area contributed by atoms with E-state index in [2.05, 4.69) is 5.32 Å². The van der Waals surface area contributed by atoms with E-state index in [0.29, 0.717) is 22.4 Å². The summed E-state index contributed by atoms with van der Waals surface area (Å²) in [5, 5.41) is 13.4. The molecule has 0 aliphatic carbocycles. The molecule has 4 rings (SSSR count). The molecule has 0 bridgehead atoms. The predicted octanol–water partition coefficient (Wildman–Crippen LogP) is 5.60. The molecule has 0 aromatic heterocycles. The molecule has 4 aromatic carbocycles. The van der Waals surface area contributed by atoms with Crippen molar-refractivity contribution in [3.8, 4) is 11.1 Å². The van der Waals surface area contributed by atoms with Crippen LogP contribution in [0.15, 0.2) is 84.9 Å². The second-order valence-electron chi connectivity index (χ2n) is 6.56. The molecule has 2 N–H and O–H groups in total. The number of carbonyl (C=O) groups excluding carboxylic acids is 1. The van der Waals surface area contributed by atoms with Gasteiger partial charge in [0, 0.05) is 16.8 Å². The SMILES string of the molecule is O=C(O)c1ccc(NC(=O)c2ccc3cccc(-c4ccccc4F)c3c2)cc1. The van der Waals surface area contributed by atoms with E-state index >= 15 is 0 Å². The van der Waals surface area contributed by atoms with Gasteiger partial charge in [0.2, 0.25) is 0 Å². The highest BCUT2D eigenvalue weighted by Gasteiger charge is 2.12. The van der Waals surface area contributed by atoms with Crippen molar-refractivity contribution in [2.45, 2.75) is 0 Å². The third kappa shape index (κ3) is 3.71. The molecule has 5 heteroatoms. The Morgan fingerprint density at radius 3 is 2.17 bits per heavy atom. The topological polar surface area (TPSA) is 66.4 Å². The van der Waals surface area contributed by atoms with Crippen LogP contribution in [0.4, 0.5) is 10.1 Å². The van der Waals surface area contributed by atoms with E-state index in [4.69, 9.17) is 5.11 Å². The van der Waals surface area contributed by atoms with E-state index in [0.717, 1.165) is 10.8 Å². The summed E-state index contributed by atoms with van der Waals surface area (Å²) in [5.74, 6) is -1.69. The van der Waals surface area contributed by atoms with Crippen LogP contribution in [0.5, 0.6) is 0 Å². The number of halogens is 1. The highest BCUT2D eigenvalue weighted by molar-refractivity contribution is 6.08. The highest BCUT2D eigenvalue weighted by atomic mass is 19.1. The van der Waals surface area contributed by atoms with Gasteiger partial charge in [-0.1, -0.05) is 42.5 Å². The molecule has 4 nitrogen and oxygen atoms in total. The van der Waals surface area contributed by atoms with Gasteiger partial charge in [-0.2, -0.15) is 0 Å². The van der Waals surface area contributed by atoms with Gasteiger partial charge in [-0.05, 0) is 58.8 Å². The number of carboxylic acids is 1. The van der Waals surface area contributed by atoms with Crippen molar-refractivity contribution in [3.05, 3.63) is 102 Å². The van der Waals surface area contributed by atoms with Gasteiger partial charge in [0.1, 0.15) is 5.82 Å². The van der Waals surface area contributed by atoms with Crippen LogP contribution in [0.25, 0.3) is 21.9 Å². The van der Waals surface area contributed by atoms with Crippen LogP contribution in [-0.2, 0) is 0 Å². The predicted molar refractivity (Wildman–Crippen MR) is 111 cm³/mol. The average molecular weight is 385 g/mol. The Labute approximate surface area is 166 Å². The average Bonchev–Trinajstić information content (AvgIpc) is 2.74. The summed E-state index contributed by atoms with van der Waals surface area (Å²) in [6.07, 6.45) is 0.